The van der Waals surface area contributed by atoms with Gasteiger partial charge >= 0.3 is 0 Å². The van der Waals surface area contributed by atoms with Gasteiger partial charge in [0.2, 0.25) is 0 Å². The first-order valence-corrected chi connectivity index (χ1v) is 11.1. The summed E-state index contributed by atoms with van der Waals surface area (Å²) in [6.45, 7) is 9.59. The zero-order chi connectivity index (χ0) is 20.4. The molecule has 0 radical (unpaired) electrons. The summed E-state index contributed by atoms with van der Waals surface area (Å²) >= 11 is 0. The molecule has 0 bridgehead atoms. The standard InChI is InChI=1S/C22H45NO4/c1-6-8-10-11-12-14-23(5)20-17(24)15-18(25)21(20)27-16-19(26)22(3,4)13-9-7-2/h17-21,24-26H,6-16H2,1-5H3/t17-,18+,19?,20+,21+/m1/s1. The number of ether oxygens (including phenoxy) is 1. The molecule has 5 nitrogen and oxygen atoms in total. The average molecular weight is 388 g/mol. The smallest absolute Gasteiger partial charge is 0.102 e. The number of unbranched alkanes of at least 4 members (excludes halogenated alkanes) is 5. The van der Waals surface area contributed by atoms with Gasteiger partial charge in [0.25, 0.3) is 0 Å². The Labute approximate surface area is 167 Å². The molecule has 1 aliphatic rings. The van der Waals surface area contributed by atoms with Crippen LogP contribution in [0.3, 0.4) is 0 Å². The van der Waals surface area contributed by atoms with Gasteiger partial charge in [-0.3, -0.25) is 4.90 Å². The molecule has 0 amide bonds. The third kappa shape index (κ3) is 7.98. The maximum absolute atomic E-state index is 10.6. The second-order valence-corrected chi connectivity index (χ2v) is 9.16. The SMILES string of the molecule is CCCCCCCN(C)[C@@H]1[C@@H](OCC(O)C(C)(C)CCCC)[C@@H](O)C[C@H]1O. The van der Waals surface area contributed by atoms with E-state index in [2.05, 4.69) is 32.6 Å². The third-order valence-corrected chi connectivity index (χ3v) is 6.24. The number of hydrogen-bond donors (Lipinski definition) is 3. The Hall–Kier alpha value is -0.200. The van der Waals surface area contributed by atoms with Crippen molar-refractivity contribution in [1.82, 2.24) is 4.90 Å². The predicted molar refractivity (Wildman–Crippen MR) is 111 cm³/mol. The van der Waals surface area contributed by atoms with E-state index in [1.54, 1.807) is 0 Å². The fourth-order valence-corrected chi connectivity index (χ4v) is 4.06. The summed E-state index contributed by atoms with van der Waals surface area (Å²) in [7, 11) is 2.00. The van der Waals surface area contributed by atoms with E-state index in [0.717, 1.165) is 32.2 Å². The summed E-state index contributed by atoms with van der Waals surface area (Å²) in [5.41, 5.74) is -0.209. The van der Waals surface area contributed by atoms with E-state index in [0.29, 0.717) is 6.42 Å². The van der Waals surface area contributed by atoms with Crippen LogP contribution in [-0.4, -0.2) is 70.9 Å². The van der Waals surface area contributed by atoms with Crippen LogP contribution < -0.4 is 0 Å². The molecule has 27 heavy (non-hydrogen) atoms. The molecule has 3 N–H and O–H groups in total. The summed E-state index contributed by atoms with van der Waals surface area (Å²) in [5, 5.41) is 31.4. The van der Waals surface area contributed by atoms with E-state index in [1.165, 1.54) is 25.7 Å². The summed E-state index contributed by atoms with van der Waals surface area (Å²) in [5.74, 6) is 0. The Morgan fingerprint density at radius 1 is 1.00 bits per heavy atom. The van der Waals surface area contributed by atoms with Gasteiger partial charge in [0, 0.05) is 6.42 Å². The molecule has 0 aliphatic heterocycles. The summed E-state index contributed by atoms with van der Waals surface area (Å²) in [6.07, 6.45) is 7.22. The quantitative estimate of drug-likeness (QED) is 0.399. The molecule has 5 atom stereocenters. The highest BCUT2D eigenvalue weighted by atomic mass is 16.5. The first kappa shape index (κ1) is 24.8. The van der Waals surface area contributed by atoms with Gasteiger partial charge in [0.1, 0.15) is 6.10 Å². The molecule has 0 aromatic rings. The molecule has 1 unspecified atom stereocenters. The van der Waals surface area contributed by atoms with Crippen LogP contribution in [0, 0.1) is 5.41 Å². The number of aliphatic hydroxyl groups excluding tert-OH is 3. The van der Waals surface area contributed by atoms with Crippen molar-refractivity contribution < 1.29 is 20.1 Å². The Balaban J connectivity index is 2.55. The zero-order valence-corrected chi connectivity index (χ0v) is 18.4. The highest BCUT2D eigenvalue weighted by molar-refractivity contribution is 4.98. The molecule has 0 aromatic carbocycles. The summed E-state index contributed by atoms with van der Waals surface area (Å²) in [6, 6.07) is -0.211. The first-order valence-electron chi connectivity index (χ1n) is 11.1. The summed E-state index contributed by atoms with van der Waals surface area (Å²) in [4.78, 5) is 2.13. The van der Waals surface area contributed by atoms with Crippen molar-refractivity contribution in [3.05, 3.63) is 0 Å². The fraction of sp³-hybridized carbons (Fsp3) is 1.00. The van der Waals surface area contributed by atoms with E-state index < -0.39 is 24.4 Å². The van der Waals surface area contributed by atoms with Gasteiger partial charge in [0.05, 0.1) is 31.0 Å². The van der Waals surface area contributed by atoms with Gasteiger partial charge in [0.15, 0.2) is 0 Å². The maximum atomic E-state index is 10.6. The van der Waals surface area contributed by atoms with Crippen molar-refractivity contribution in [2.75, 3.05) is 20.2 Å². The van der Waals surface area contributed by atoms with Crippen LogP contribution in [0.2, 0.25) is 0 Å². The lowest BCUT2D eigenvalue weighted by molar-refractivity contribution is -0.104. The number of aliphatic hydroxyl groups is 3. The van der Waals surface area contributed by atoms with Crippen molar-refractivity contribution in [3.8, 4) is 0 Å². The lowest BCUT2D eigenvalue weighted by atomic mass is 9.82. The minimum Gasteiger partial charge on any atom is -0.391 e. The molecule has 0 spiro atoms. The summed E-state index contributed by atoms with van der Waals surface area (Å²) < 4.78 is 5.99. The largest absolute Gasteiger partial charge is 0.391 e. The van der Waals surface area contributed by atoms with E-state index in [1.807, 2.05) is 7.05 Å². The van der Waals surface area contributed by atoms with E-state index >= 15 is 0 Å². The van der Waals surface area contributed by atoms with Crippen LogP contribution in [0.25, 0.3) is 0 Å². The van der Waals surface area contributed by atoms with Crippen LogP contribution >= 0.6 is 0 Å². The van der Waals surface area contributed by atoms with Crippen LogP contribution in [-0.2, 0) is 4.74 Å². The van der Waals surface area contributed by atoms with Crippen LogP contribution in [0.15, 0.2) is 0 Å². The second-order valence-electron chi connectivity index (χ2n) is 9.16. The number of nitrogens with zero attached hydrogens (tertiary/aromatic N) is 1. The third-order valence-electron chi connectivity index (χ3n) is 6.24. The van der Waals surface area contributed by atoms with Crippen molar-refractivity contribution in [2.45, 2.75) is 116 Å². The van der Waals surface area contributed by atoms with Crippen LogP contribution in [0.1, 0.15) is 85.5 Å². The number of rotatable bonds is 14. The topological polar surface area (TPSA) is 73.2 Å². The molecule has 1 aliphatic carbocycles. The highest BCUT2D eigenvalue weighted by Gasteiger charge is 2.45. The maximum Gasteiger partial charge on any atom is 0.102 e. The number of hydrogen-bond acceptors (Lipinski definition) is 5. The molecular formula is C22H45NO4. The molecule has 1 fully saturated rings. The number of likely N-dealkylation sites (N-methyl/N-ethyl adjacent to an activating group) is 1. The minimum atomic E-state index is -0.682. The van der Waals surface area contributed by atoms with Crippen molar-refractivity contribution in [3.63, 3.8) is 0 Å². The lowest BCUT2D eigenvalue weighted by Crippen LogP contribution is -2.49. The van der Waals surface area contributed by atoms with Gasteiger partial charge in [-0.2, -0.15) is 0 Å². The Bertz CT molecular complexity index is 391. The molecule has 162 valence electrons. The first-order chi connectivity index (χ1) is 12.7. The van der Waals surface area contributed by atoms with Gasteiger partial charge in [-0.1, -0.05) is 66.2 Å². The van der Waals surface area contributed by atoms with Crippen LogP contribution in [0.4, 0.5) is 0 Å². The molecule has 0 heterocycles. The zero-order valence-electron chi connectivity index (χ0n) is 18.4. The highest BCUT2D eigenvalue weighted by Crippen LogP contribution is 2.31. The minimum absolute atomic E-state index is 0.200. The van der Waals surface area contributed by atoms with E-state index in [9.17, 15) is 15.3 Å². The van der Waals surface area contributed by atoms with Gasteiger partial charge < -0.3 is 20.1 Å². The molecule has 5 heteroatoms. The van der Waals surface area contributed by atoms with Crippen LogP contribution in [0.5, 0.6) is 0 Å². The molecular weight excluding hydrogens is 342 g/mol. The van der Waals surface area contributed by atoms with Gasteiger partial charge in [-0.15, -0.1) is 0 Å². The van der Waals surface area contributed by atoms with Gasteiger partial charge in [-0.25, -0.2) is 0 Å². The van der Waals surface area contributed by atoms with E-state index in [-0.39, 0.29) is 18.1 Å². The monoisotopic (exact) mass is 387 g/mol. The average Bonchev–Trinajstić information content (AvgIpc) is 2.90. The lowest BCUT2D eigenvalue weighted by Gasteiger charge is -2.35. The molecule has 0 saturated heterocycles. The predicted octanol–water partition coefficient (Wildman–Crippen LogP) is 3.35. The van der Waals surface area contributed by atoms with Crippen molar-refractivity contribution in [1.29, 1.82) is 0 Å². The molecule has 0 aromatic heterocycles. The van der Waals surface area contributed by atoms with Gasteiger partial charge in [-0.05, 0) is 31.8 Å². The molecule has 1 saturated carbocycles. The Morgan fingerprint density at radius 3 is 2.26 bits per heavy atom. The van der Waals surface area contributed by atoms with Crippen molar-refractivity contribution in [2.24, 2.45) is 5.41 Å². The molecule has 1 rings (SSSR count). The van der Waals surface area contributed by atoms with Crippen molar-refractivity contribution >= 4 is 0 Å². The Morgan fingerprint density at radius 2 is 1.63 bits per heavy atom. The fourth-order valence-electron chi connectivity index (χ4n) is 4.06. The normalized spacial score (nSPS) is 27.4. The second kappa shape index (κ2) is 12.4. The van der Waals surface area contributed by atoms with E-state index in [4.69, 9.17) is 4.74 Å². The Kier molecular flexibility index (Phi) is 11.4.